The molecule has 1 aromatic heterocycles. The Kier molecular flexibility index (Phi) is 1.78. The molecule has 1 aliphatic carbocycles. The molecule has 1 saturated carbocycles. The van der Waals surface area contributed by atoms with Crippen molar-refractivity contribution in [2.75, 3.05) is 0 Å². The zero-order chi connectivity index (χ0) is 10.3. The lowest BCUT2D eigenvalue weighted by Crippen LogP contribution is -2.15. The number of hydrogen-bond donors (Lipinski definition) is 1. The highest BCUT2D eigenvalue weighted by Gasteiger charge is 2.40. The van der Waals surface area contributed by atoms with Gasteiger partial charge in [0.05, 0.1) is 0 Å². The second kappa shape index (κ2) is 3.12. The average Bonchev–Trinajstić information content (AvgIpc) is 2.96. The molecule has 1 N–H and O–H groups in total. The standard InChI is InChI=1S/C12H12N2O/c15-12-13-6-7-14(12)11-8-10(11)9-4-2-1-3-5-9/h1-7,10-11H,8H2,(H,13,15). The minimum absolute atomic E-state index is 0.00145. The summed E-state index contributed by atoms with van der Waals surface area (Å²) in [5, 5.41) is 0. The van der Waals surface area contributed by atoms with Gasteiger partial charge in [-0.25, -0.2) is 4.79 Å². The smallest absolute Gasteiger partial charge is 0.313 e. The van der Waals surface area contributed by atoms with E-state index in [2.05, 4.69) is 17.1 Å². The molecule has 1 aromatic carbocycles. The van der Waals surface area contributed by atoms with Crippen LogP contribution in [0, 0.1) is 0 Å². The van der Waals surface area contributed by atoms with Crippen molar-refractivity contribution in [2.45, 2.75) is 18.4 Å². The average molecular weight is 200 g/mol. The van der Waals surface area contributed by atoms with Crippen LogP contribution in [-0.2, 0) is 0 Å². The molecule has 0 radical (unpaired) electrons. The summed E-state index contributed by atoms with van der Waals surface area (Å²) in [5.74, 6) is 0.514. The molecule has 1 heterocycles. The van der Waals surface area contributed by atoms with Gasteiger partial charge in [-0.15, -0.1) is 0 Å². The highest BCUT2D eigenvalue weighted by atomic mass is 16.1. The first-order chi connectivity index (χ1) is 7.36. The third-order valence-electron chi connectivity index (χ3n) is 3.02. The van der Waals surface area contributed by atoms with Crippen molar-refractivity contribution < 1.29 is 0 Å². The van der Waals surface area contributed by atoms with Gasteiger partial charge >= 0.3 is 5.69 Å². The van der Waals surface area contributed by atoms with Gasteiger partial charge in [-0.1, -0.05) is 30.3 Å². The maximum absolute atomic E-state index is 11.4. The fraction of sp³-hybridized carbons (Fsp3) is 0.250. The van der Waals surface area contributed by atoms with Crippen LogP contribution in [0.15, 0.2) is 47.5 Å². The molecule has 15 heavy (non-hydrogen) atoms. The van der Waals surface area contributed by atoms with Crippen molar-refractivity contribution >= 4 is 0 Å². The predicted molar refractivity (Wildman–Crippen MR) is 57.9 cm³/mol. The Hall–Kier alpha value is -1.77. The highest BCUT2D eigenvalue weighted by molar-refractivity contribution is 5.26. The van der Waals surface area contributed by atoms with Crippen molar-refractivity contribution in [3.8, 4) is 0 Å². The molecule has 1 aliphatic rings. The Labute approximate surface area is 87.4 Å². The van der Waals surface area contributed by atoms with Crippen LogP contribution in [0.3, 0.4) is 0 Å². The summed E-state index contributed by atoms with van der Waals surface area (Å²) < 4.78 is 1.79. The Morgan fingerprint density at radius 1 is 1.27 bits per heavy atom. The van der Waals surface area contributed by atoms with Gasteiger partial charge in [0.25, 0.3) is 0 Å². The van der Waals surface area contributed by atoms with Crippen LogP contribution in [-0.4, -0.2) is 9.55 Å². The number of nitrogens with one attached hydrogen (secondary N) is 1. The van der Waals surface area contributed by atoms with E-state index in [0.717, 1.165) is 6.42 Å². The molecule has 2 unspecified atom stereocenters. The largest absolute Gasteiger partial charge is 0.325 e. The fourth-order valence-corrected chi connectivity index (χ4v) is 2.14. The van der Waals surface area contributed by atoms with Gasteiger partial charge in [-0.05, 0) is 12.0 Å². The van der Waals surface area contributed by atoms with Crippen molar-refractivity contribution in [1.82, 2.24) is 9.55 Å². The molecule has 0 spiro atoms. The Morgan fingerprint density at radius 2 is 2.07 bits per heavy atom. The van der Waals surface area contributed by atoms with Crippen LogP contribution in [0.1, 0.15) is 23.9 Å². The lowest BCUT2D eigenvalue weighted by molar-refractivity contribution is 0.688. The van der Waals surface area contributed by atoms with E-state index in [1.54, 1.807) is 10.8 Å². The molecule has 2 aromatic rings. The van der Waals surface area contributed by atoms with E-state index < -0.39 is 0 Å². The number of imidazole rings is 1. The Balaban J connectivity index is 1.86. The maximum Gasteiger partial charge on any atom is 0.325 e. The second-order valence-electron chi connectivity index (χ2n) is 3.99. The first-order valence-electron chi connectivity index (χ1n) is 5.17. The van der Waals surface area contributed by atoms with Crippen molar-refractivity contribution in [3.63, 3.8) is 0 Å². The van der Waals surface area contributed by atoms with Crippen LogP contribution < -0.4 is 5.69 Å². The summed E-state index contributed by atoms with van der Waals surface area (Å²) in [4.78, 5) is 14.1. The highest BCUT2D eigenvalue weighted by Crippen LogP contribution is 2.50. The number of benzene rings is 1. The van der Waals surface area contributed by atoms with Gasteiger partial charge < -0.3 is 4.98 Å². The molecule has 1 fully saturated rings. The first kappa shape index (κ1) is 8.53. The predicted octanol–water partition coefficient (Wildman–Crippen LogP) is 1.90. The fourth-order valence-electron chi connectivity index (χ4n) is 2.14. The van der Waals surface area contributed by atoms with E-state index in [4.69, 9.17) is 0 Å². The molecule has 0 amide bonds. The maximum atomic E-state index is 11.4. The Morgan fingerprint density at radius 3 is 2.73 bits per heavy atom. The van der Waals surface area contributed by atoms with Gasteiger partial charge in [-0.2, -0.15) is 0 Å². The molecule has 0 saturated heterocycles. The number of H-pyrrole nitrogens is 1. The monoisotopic (exact) mass is 200 g/mol. The molecule has 0 bridgehead atoms. The number of aromatic nitrogens is 2. The number of rotatable bonds is 2. The molecule has 0 aliphatic heterocycles. The second-order valence-corrected chi connectivity index (χ2v) is 3.99. The van der Waals surface area contributed by atoms with E-state index in [-0.39, 0.29) is 5.69 Å². The van der Waals surface area contributed by atoms with E-state index >= 15 is 0 Å². The lowest BCUT2D eigenvalue weighted by atomic mass is 10.1. The van der Waals surface area contributed by atoms with Gasteiger partial charge in [0, 0.05) is 24.4 Å². The molecule has 3 rings (SSSR count). The van der Waals surface area contributed by atoms with Crippen LogP contribution in [0.25, 0.3) is 0 Å². The van der Waals surface area contributed by atoms with Gasteiger partial charge in [0.15, 0.2) is 0 Å². The first-order valence-corrected chi connectivity index (χ1v) is 5.17. The van der Waals surface area contributed by atoms with Gasteiger partial charge in [0.2, 0.25) is 0 Å². The minimum atomic E-state index is -0.00145. The Bertz CT molecular complexity index is 512. The molecule has 76 valence electrons. The van der Waals surface area contributed by atoms with E-state index in [1.807, 2.05) is 24.4 Å². The van der Waals surface area contributed by atoms with Crippen LogP contribution in [0.4, 0.5) is 0 Å². The number of nitrogens with zero attached hydrogens (tertiary/aromatic N) is 1. The zero-order valence-electron chi connectivity index (χ0n) is 8.26. The summed E-state index contributed by atoms with van der Waals surface area (Å²) in [6.45, 7) is 0. The van der Waals surface area contributed by atoms with Gasteiger partial charge in [0.1, 0.15) is 0 Å². The third-order valence-corrected chi connectivity index (χ3v) is 3.02. The quantitative estimate of drug-likeness (QED) is 0.790. The van der Waals surface area contributed by atoms with E-state index in [1.165, 1.54) is 5.56 Å². The van der Waals surface area contributed by atoms with Gasteiger partial charge in [-0.3, -0.25) is 4.57 Å². The number of hydrogen-bond acceptors (Lipinski definition) is 1. The molecule has 3 heteroatoms. The van der Waals surface area contributed by atoms with Crippen molar-refractivity contribution in [2.24, 2.45) is 0 Å². The SMILES string of the molecule is O=c1[nH]ccn1C1CC1c1ccccc1. The van der Waals surface area contributed by atoms with Crippen LogP contribution >= 0.6 is 0 Å². The summed E-state index contributed by atoms with van der Waals surface area (Å²) in [6.07, 6.45) is 4.60. The molecular weight excluding hydrogens is 188 g/mol. The topological polar surface area (TPSA) is 37.8 Å². The minimum Gasteiger partial charge on any atom is -0.313 e. The molecule has 2 atom stereocenters. The van der Waals surface area contributed by atoms with E-state index in [9.17, 15) is 4.79 Å². The third kappa shape index (κ3) is 1.40. The summed E-state index contributed by atoms with van der Waals surface area (Å²) in [6, 6.07) is 10.7. The molecule has 3 nitrogen and oxygen atoms in total. The summed E-state index contributed by atoms with van der Waals surface area (Å²) >= 11 is 0. The van der Waals surface area contributed by atoms with E-state index in [0.29, 0.717) is 12.0 Å². The normalized spacial score (nSPS) is 24.0. The molecular formula is C12H12N2O. The number of aromatic amines is 1. The van der Waals surface area contributed by atoms with Crippen LogP contribution in [0.2, 0.25) is 0 Å². The van der Waals surface area contributed by atoms with Crippen molar-refractivity contribution in [1.29, 1.82) is 0 Å². The van der Waals surface area contributed by atoms with Crippen LogP contribution in [0.5, 0.6) is 0 Å². The lowest BCUT2D eigenvalue weighted by Gasteiger charge is -2.00. The summed E-state index contributed by atoms with van der Waals surface area (Å²) in [7, 11) is 0. The van der Waals surface area contributed by atoms with Crippen molar-refractivity contribution in [3.05, 3.63) is 58.8 Å². The zero-order valence-corrected chi connectivity index (χ0v) is 8.26. The summed E-state index contributed by atoms with van der Waals surface area (Å²) in [5.41, 5.74) is 1.33.